The van der Waals surface area contributed by atoms with Gasteiger partial charge in [0.15, 0.2) is 0 Å². The molecule has 1 aliphatic rings. The summed E-state index contributed by atoms with van der Waals surface area (Å²) < 4.78 is 0. The summed E-state index contributed by atoms with van der Waals surface area (Å²) in [5.41, 5.74) is 0.951. The maximum atomic E-state index is 3.75. The monoisotopic (exact) mass is 112 g/mol. The Labute approximate surface area is 46.2 Å². The molecule has 0 N–H and O–H groups in total. The third-order valence-corrected chi connectivity index (χ3v) is 5.29. The summed E-state index contributed by atoms with van der Waals surface area (Å²) in [6.07, 6.45) is 2.12. The number of rotatable bonds is 1. The van der Waals surface area contributed by atoms with Crippen LogP contribution in [0.4, 0.5) is 0 Å². The normalized spacial score (nSPS) is 34.9. The maximum absolute atomic E-state index is 3.75. The molecule has 1 fully saturated rings. The first kappa shape index (κ1) is 5.10. The lowest BCUT2D eigenvalue weighted by Crippen LogP contribution is -1.99. The Balaban J connectivity index is 2.44. The highest BCUT2D eigenvalue weighted by Crippen LogP contribution is 2.48. The molecule has 1 saturated heterocycles. The van der Waals surface area contributed by atoms with Crippen LogP contribution >= 0.6 is 0 Å². The van der Waals surface area contributed by atoms with E-state index in [1.165, 1.54) is 6.04 Å². The topological polar surface area (TPSA) is 0 Å². The van der Waals surface area contributed by atoms with E-state index in [-0.39, 0.29) is 0 Å². The zero-order chi connectivity index (χ0) is 5.49. The van der Waals surface area contributed by atoms with Crippen LogP contribution in [-0.4, -0.2) is 8.07 Å². The number of hydrogen-bond donors (Lipinski definition) is 0. The van der Waals surface area contributed by atoms with Crippen LogP contribution in [0.1, 0.15) is 0 Å². The van der Waals surface area contributed by atoms with E-state index in [4.69, 9.17) is 0 Å². The zero-order valence-electron chi connectivity index (χ0n) is 5.07. The van der Waals surface area contributed by atoms with Crippen molar-refractivity contribution in [1.82, 2.24) is 0 Å². The van der Waals surface area contributed by atoms with Gasteiger partial charge in [-0.2, -0.15) is 0 Å². The van der Waals surface area contributed by atoms with E-state index in [2.05, 4.69) is 25.7 Å². The quantitative estimate of drug-likeness (QED) is 0.360. The maximum Gasteiger partial charge on any atom is 0.0543 e. The standard InChI is InChI=1S/C6H12Si/c1-4-6-5-7(6,2)3/h4,6H,1,5H2,2-3H3. The second-order valence-corrected chi connectivity index (χ2v) is 8.16. The SMILES string of the molecule is C=CC1C[Si]1(C)C. The van der Waals surface area contributed by atoms with E-state index in [9.17, 15) is 0 Å². The summed E-state index contributed by atoms with van der Waals surface area (Å²) in [4.78, 5) is 0. The molecule has 1 rings (SSSR count). The summed E-state index contributed by atoms with van der Waals surface area (Å²) in [5.74, 6) is 0. The van der Waals surface area contributed by atoms with Gasteiger partial charge in [-0.1, -0.05) is 25.2 Å². The van der Waals surface area contributed by atoms with Crippen LogP contribution < -0.4 is 0 Å². The van der Waals surface area contributed by atoms with Gasteiger partial charge in [0.25, 0.3) is 0 Å². The van der Waals surface area contributed by atoms with Crippen molar-refractivity contribution >= 4 is 8.07 Å². The highest BCUT2D eigenvalue weighted by molar-refractivity contribution is 6.89. The molecule has 1 aliphatic heterocycles. The Morgan fingerprint density at radius 3 is 2.14 bits per heavy atom. The van der Waals surface area contributed by atoms with Crippen molar-refractivity contribution in [3.05, 3.63) is 12.7 Å². The molecule has 0 bridgehead atoms. The Morgan fingerprint density at radius 2 is 2.14 bits per heavy atom. The van der Waals surface area contributed by atoms with E-state index < -0.39 is 8.07 Å². The minimum Gasteiger partial charge on any atom is -0.103 e. The second-order valence-electron chi connectivity index (χ2n) is 3.03. The molecule has 0 spiro atoms. The lowest BCUT2D eigenvalue weighted by atomic mass is 10.5. The largest absolute Gasteiger partial charge is 0.103 e. The van der Waals surface area contributed by atoms with Crippen molar-refractivity contribution in [3.8, 4) is 0 Å². The fraction of sp³-hybridized carbons (Fsp3) is 0.667. The smallest absolute Gasteiger partial charge is 0.0543 e. The van der Waals surface area contributed by atoms with Gasteiger partial charge in [-0.25, -0.2) is 0 Å². The Hall–Kier alpha value is -0.0431. The van der Waals surface area contributed by atoms with Crippen molar-refractivity contribution in [2.24, 2.45) is 0 Å². The molecule has 0 saturated carbocycles. The summed E-state index contributed by atoms with van der Waals surface area (Å²) in [6.45, 7) is 8.59. The van der Waals surface area contributed by atoms with Gasteiger partial charge in [-0.3, -0.25) is 0 Å². The van der Waals surface area contributed by atoms with Gasteiger partial charge in [-0.05, 0) is 5.54 Å². The average Bonchev–Trinajstić information content (AvgIpc) is 2.13. The molecule has 0 aromatic rings. The van der Waals surface area contributed by atoms with Gasteiger partial charge in [0.2, 0.25) is 0 Å². The van der Waals surface area contributed by atoms with Crippen LogP contribution in [0.25, 0.3) is 0 Å². The third-order valence-electron chi connectivity index (χ3n) is 1.87. The van der Waals surface area contributed by atoms with E-state index in [0.717, 1.165) is 5.54 Å². The molecule has 0 amide bonds. The van der Waals surface area contributed by atoms with Crippen LogP contribution in [-0.2, 0) is 0 Å². The number of allylic oxidation sites excluding steroid dienone is 1. The first-order chi connectivity index (χ1) is 3.17. The molecule has 0 aromatic carbocycles. The number of hydrogen-bond acceptors (Lipinski definition) is 0. The molecule has 1 heteroatoms. The molecular weight excluding hydrogens is 100 g/mol. The predicted octanol–water partition coefficient (Wildman–Crippen LogP) is 2.26. The molecule has 7 heavy (non-hydrogen) atoms. The molecule has 1 atom stereocenters. The molecule has 40 valence electrons. The zero-order valence-corrected chi connectivity index (χ0v) is 6.07. The lowest BCUT2D eigenvalue weighted by Gasteiger charge is -1.90. The molecule has 0 nitrogen and oxygen atoms in total. The van der Waals surface area contributed by atoms with Crippen LogP contribution in [0.15, 0.2) is 12.7 Å². The van der Waals surface area contributed by atoms with E-state index in [1.807, 2.05) is 0 Å². The van der Waals surface area contributed by atoms with Crippen molar-refractivity contribution in [1.29, 1.82) is 0 Å². The minimum atomic E-state index is -0.609. The Bertz CT molecular complexity index is 94.4. The van der Waals surface area contributed by atoms with E-state index in [0.29, 0.717) is 0 Å². The summed E-state index contributed by atoms with van der Waals surface area (Å²) in [6, 6.07) is 1.48. The summed E-state index contributed by atoms with van der Waals surface area (Å²) in [7, 11) is -0.609. The van der Waals surface area contributed by atoms with Crippen LogP contribution in [0, 0.1) is 0 Å². The van der Waals surface area contributed by atoms with Gasteiger partial charge in [0, 0.05) is 0 Å². The van der Waals surface area contributed by atoms with Gasteiger partial charge >= 0.3 is 0 Å². The van der Waals surface area contributed by atoms with Gasteiger partial charge in [0.05, 0.1) is 8.07 Å². The van der Waals surface area contributed by atoms with Crippen molar-refractivity contribution in [3.63, 3.8) is 0 Å². The lowest BCUT2D eigenvalue weighted by molar-refractivity contribution is 1.38. The van der Waals surface area contributed by atoms with Crippen molar-refractivity contribution in [2.75, 3.05) is 0 Å². The highest BCUT2D eigenvalue weighted by Gasteiger charge is 2.45. The fourth-order valence-electron chi connectivity index (χ4n) is 0.910. The molecule has 1 heterocycles. The highest BCUT2D eigenvalue weighted by atomic mass is 28.3. The van der Waals surface area contributed by atoms with Gasteiger partial charge in [-0.15, -0.1) is 6.58 Å². The fourth-order valence-corrected chi connectivity index (χ4v) is 3.96. The van der Waals surface area contributed by atoms with E-state index in [1.54, 1.807) is 0 Å². The van der Waals surface area contributed by atoms with E-state index >= 15 is 0 Å². The second kappa shape index (κ2) is 1.22. The van der Waals surface area contributed by atoms with Crippen LogP contribution in [0.5, 0.6) is 0 Å². The first-order valence-corrected chi connectivity index (χ1v) is 6.08. The Morgan fingerprint density at radius 1 is 1.71 bits per heavy atom. The molecular formula is C6H12Si. The predicted molar refractivity (Wildman–Crippen MR) is 36.2 cm³/mol. The molecule has 1 unspecified atom stereocenters. The van der Waals surface area contributed by atoms with Crippen LogP contribution in [0.2, 0.25) is 24.7 Å². The van der Waals surface area contributed by atoms with Crippen LogP contribution in [0.3, 0.4) is 0 Å². The molecule has 0 radical (unpaired) electrons. The van der Waals surface area contributed by atoms with Gasteiger partial charge < -0.3 is 0 Å². The van der Waals surface area contributed by atoms with Gasteiger partial charge in [0.1, 0.15) is 0 Å². The summed E-state index contributed by atoms with van der Waals surface area (Å²) in [5, 5.41) is 0. The van der Waals surface area contributed by atoms with Crippen molar-refractivity contribution < 1.29 is 0 Å². The third kappa shape index (κ3) is 0.777. The average molecular weight is 112 g/mol. The summed E-state index contributed by atoms with van der Waals surface area (Å²) >= 11 is 0. The molecule has 0 aliphatic carbocycles. The molecule has 0 aromatic heterocycles. The first-order valence-electron chi connectivity index (χ1n) is 2.79. The van der Waals surface area contributed by atoms with Crippen molar-refractivity contribution in [2.45, 2.75) is 24.7 Å². The Kier molecular flexibility index (Phi) is 0.888. The minimum absolute atomic E-state index is 0.609.